The van der Waals surface area contributed by atoms with Crippen LogP contribution in [0.2, 0.25) is 0 Å². The summed E-state index contributed by atoms with van der Waals surface area (Å²) in [6.07, 6.45) is 1.92. The average Bonchev–Trinajstić information content (AvgIpc) is 3.13. The Bertz CT molecular complexity index is 992. The molecular formula is C25H26N3O+. The Labute approximate surface area is 172 Å². The number of nitrogens with zero attached hydrogens (tertiary/aromatic N) is 2. The molecule has 3 aromatic rings. The van der Waals surface area contributed by atoms with E-state index in [1.54, 1.807) is 12.0 Å². The zero-order valence-electron chi connectivity index (χ0n) is 16.7. The van der Waals surface area contributed by atoms with Gasteiger partial charge in [-0.3, -0.25) is 5.01 Å². The maximum Gasteiger partial charge on any atom is 0.140 e. The standard InChI is InChI=1S/C25H25N3O/c1-29-24-13-7-2-8-19(24)18-26-28-16-14-27(15-17-28)25-22-11-5-3-9-20(22)21-10-4-6-12-23(21)25/h2-13,18,25H,14-17H2,1H3/p+1/b26-18-. The molecule has 1 aliphatic heterocycles. The summed E-state index contributed by atoms with van der Waals surface area (Å²) in [5.74, 6) is 0.861. The van der Waals surface area contributed by atoms with Crippen LogP contribution in [0.25, 0.3) is 11.1 Å². The van der Waals surface area contributed by atoms with Crippen LogP contribution in [-0.2, 0) is 0 Å². The third kappa shape index (κ3) is 3.30. The Hall–Kier alpha value is -3.11. The van der Waals surface area contributed by atoms with Gasteiger partial charge in [-0.1, -0.05) is 60.7 Å². The summed E-state index contributed by atoms with van der Waals surface area (Å²) in [5.41, 5.74) is 6.75. The molecule has 3 aromatic carbocycles. The van der Waals surface area contributed by atoms with Crippen molar-refractivity contribution in [2.24, 2.45) is 5.10 Å². The van der Waals surface area contributed by atoms with Crippen molar-refractivity contribution in [3.05, 3.63) is 89.5 Å². The number of methoxy groups -OCH3 is 1. The molecule has 1 fully saturated rings. The molecule has 1 heterocycles. The fourth-order valence-electron chi connectivity index (χ4n) is 4.70. The number of nitrogens with one attached hydrogen (secondary N) is 1. The van der Waals surface area contributed by atoms with Crippen molar-refractivity contribution < 1.29 is 9.64 Å². The first kappa shape index (κ1) is 18.0. The zero-order valence-corrected chi connectivity index (χ0v) is 16.7. The fraction of sp³-hybridized carbons (Fsp3) is 0.240. The summed E-state index contributed by atoms with van der Waals surface area (Å²) in [6.45, 7) is 4.08. The molecule has 4 nitrogen and oxygen atoms in total. The van der Waals surface area contributed by atoms with E-state index < -0.39 is 0 Å². The first-order valence-corrected chi connectivity index (χ1v) is 10.3. The van der Waals surface area contributed by atoms with Gasteiger partial charge in [-0.15, -0.1) is 0 Å². The van der Waals surface area contributed by atoms with E-state index in [0.717, 1.165) is 37.5 Å². The van der Waals surface area contributed by atoms with E-state index in [1.165, 1.54) is 22.3 Å². The smallest absolute Gasteiger partial charge is 0.140 e. The number of benzene rings is 3. The van der Waals surface area contributed by atoms with Crippen molar-refractivity contribution in [1.82, 2.24) is 5.01 Å². The van der Waals surface area contributed by atoms with Crippen LogP contribution in [0.1, 0.15) is 22.7 Å². The van der Waals surface area contributed by atoms with Crippen LogP contribution in [0.15, 0.2) is 77.9 Å². The third-order valence-corrected chi connectivity index (χ3v) is 6.12. The van der Waals surface area contributed by atoms with Crippen LogP contribution in [0, 0.1) is 0 Å². The molecule has 0 spiro atoms. The highest BCUT2D eigenvalue weighted by Crippen LogP contribution is 2.41. The number of rotatable bonds is 4. The second kappa shape index (κ2) is 7.72. The van der Waals surface area contributed by atoms with Crippen LogP contribution < -0.4 is 9.64 Å². The Balaban J connectivity index is 1.32. The molecule has 146 valence electrons. The van der Waals surface area contributed by atoms with Crippen molar-refractivity contribution >= 4 is 6.21 Å². The van der Waals surface area contributed by atoms with Crippen molar-refractivity contribution in [3.63, 3.8) is 0 Å². The molecule has 1 N–H and O–H groups in total. The summed E-state index contributed by atoms with van der Waals surface area (Å²) in [6, 6.07) is 26.2. The van der Waals surface area contributed by atoms with Crippen molar-refractivity contribution in [3.8, 4) is 16.9 Å². The Kier molecular flexibility index (Phi) is 4.78. The van der Waals surface area contributed by atoms with Gasteiger partial charge >= 0.3 is 0 Å². The first-order valence-electron chi connectivity index (χ1n) is 10.3. The van der Waals surface area contributed by atoms with Crippen LogP contribution in [0.5, 0.6) is 5.75 Å². The van der Waals surface area contributed by atoms with E-state index in [4.69, 9.17) is 9.84 Å². The first-order chi connectivity index (χ1) is 14.3. The van der Waals surface area contributed by atoms with Crippen LogP contribution in [-0.4, -0.2) is 44.5 Å². The van der Waals surface area contributed by atoms with E-state index in [1.807, 2.05) is 30.5 Å². The molecule has 29 heavy (non-hydrogen) atoms. The highest BCUT2D eigenvalue weighted by Gasteiger charge is 2.37. The molecule has 0 amide bonds. The number of hydrazone groups is 1. The van der Waals surface area contributed by atoms with Gasteiger partial charge in [0.25, 0.3) is 0 Å². The molecule has 0 atom stereocenters. The van der Waals surface area contributed by atoms with Crippen LogP contribution in [0.3, 0.4) is 0 Å². The summed E-state index contributed by atoms with van der Waals surface area (Å²) >= 11 is 0. The average molecular weight is 385 g/mol. The Morgan fingerprint density at radius 2 is 1.45 bits per heavy atom. The molecule has 2 aliphatic rings. The Morgan fingerprint density at radius 1 is 0.862 bits per heavy atom. The molecule has 0 aromatic heterocycles. The number of hydrogen-bond donors (Lipinski definition) is 1. The quantitative estimate of drug-likeness (QED) is 0.701. The molecule has 1 aliphatic carbocycles. The third-order valence-electron chi connectivity index (χ3n) is 6.12. The lowest BCUT2D eigenvalue weighted by Gasteiger charge is -2.34. The minimum absolute atomic E-state index is 0.433. The van der Waals surface area contributed by atoms with Gasteiger partial charge in [0.1, 0.15) is 11.8 Å². The number of fused-ring (bicyclic) bond motifs is 3. The number of hydrogen-bond acceptors (Lipinski definition) is 3. The van der Waals surface area contributed by atoms with E-state index in [-0.39, 0.29) is 0 Å². The fourth-order valence-corrected chi connectivity index (χ4v) is 4.70. The minimum Gasteiger partial charge on any atom is -0.496 e. The van der Waals surface area contributed by atoms with Crippen molar-refractivity contribution in [2.75, 3.05) is 33.3 Å². The molecule has 0 unspecified atom stereocenters. The van der Waals surface area contributed by atoms with E-state index >= 15 is 0 Å². The predicted molar refractivity (Wildman–Crippen MR) is 117 cm³/mol. The molecular weight excluding hydrogens is 358 g/mol. The molecule has 5 rings (SSSR count). The maximum atomic E-state index is 5.42. The zero-order chi connectivity index (χ0) is 19.6. The molecule has 0 saturated carbocycles. The summed E-state index contributed by atoms with van der Waals surface area (Å²) in [4.78, 5) is 1.63. The van der Waals surface area contributed by atoms with Gasteiger partial charge < -0.3 is 9.64 Å². The lowest BCUT2D eigenvalue weighted by Crippen LogP contribution is -3.14. The van der Waals surface area contributed by atoms with Crippen LogP contribution in [0.4, 0.5) is 0 Å². The van der Waals surface area contributed by atoms with Gasteiger partial charge in [-0.2, -0.15) is 5.10 Å². The predicted octanol–water partition coefficient (Wildman–Crippen LogP) is 3.00. The van der Waals surface area contributed by atoms with Gasteiger partial charge in [0.05, 0.1) is 39.5 Å². The molecule has 0 radical (unpaired) electrons. The number of quaternary nitrogens is 1. The van der Waals surface area contributed by atoms with E-state index in [9.17, 15) is 0 Å². The topological polar surface area (TPSA) is 29.3 Å². The largest absolute Gasteiger partial charge is 0.496 e. The van der Waals surface area contributed by atoms with Gasteiger partial charge in [-0.25, -0.2) is 0 Å². The minimum atomic E-state index is 0.433. The number of para-hydroxylation sites is 1. The lowest BCUT2D eigenvalue weighted by atomic mass is 10.0. The summed E-state index contributed by atoms with van der Waals surface area (Å²) < 4.78 is 5.42. The normalized spacial score (nSPS) is 16.8. The van der Waals surface area contributed by atoms with Gasteiger partial charge in [-0.05, 0) is 23.3 Å². The Morgan fingerprint density at radius 3 is 2.10 bits per heavy atom. The highest BCUT2D eigenvalue weighted by atomic mass is 16.5. The summed E-state index contributed by atoms with van der Waals surface area (Å²) in [7, 11) is 1.70. The molecule has 1 saturated heterocycles. The van der Waals surface area contributed by atoms with Gasteiger partial charge in [0.2, 0.25) is 0 Å². The second-order valence-electron chi connectivity index (χ2n) is 7.71. The monoisotopic (exact) mass is 384 g/mol. The number of ether oxygens (including phenoxy) is 1. The number of piperazine rings is 1. The van der Waals surface area contributed by atoms with Gasteiger partial charge in [0, 0.05) is 16.7 Å². The van der Waals surface area contributed by atoms with Gasteiger partial charge in [0.15, 0.2) is 0 Å². The summed E-state index contributed by atoms with van der Waals surface area (Å²) in [5, 5.41) is 6.91. The van der Waals surface area contributed by atoms with E-state index in [2.05, 4.69) is 53.5 Å². The van der Waals surface area contributed by atoms with Crippen LogP contribution >= 0.6 is 0 Å². The van der Waals surface area contributed by atoms with Crippen molar-refractivity contribution in [1.29, 1.82) is 0 Å². The highest BCUT2D eigenvalue weighted by molar-refractivity contribution is 5.83. The molecule has 4 heteroatoms. The van der Waals surface area contributed by atoms with E-state index in [0.29, 0.717) is 6.04 Å². The molecule has 0 bridgehead atoms. The lowest BCUT2D eigenvalue weighted by molar-refractivity contribution is -0.929. The van der Waals surface area contributed by atoms with Crippen molar-refractivity contribution in [2.45, 2.75) is 6.04 Å². The maximum absolute atomic E-state index is 5.42. The second-order valence-corrected chi connectivity index (χ2v) is 7.71. The SMILES string of the molecule is COc1ccccc1/C=N\N1CC[NH+](C2c3ccccc3-c3ccccc32)CC1.